The summed E-state index contributed by atoms with van der Waals surface area (Å²) in [5, 5.41) is 14.2. The Labute approximate surface area is 130 Å². The second-order valence-corrected chi connectivity index (χ2v) is 5.04. The first-order valence-corrected chi connectivity index (χ1v) is 7.29. The smallest absolute Gasteiger partial charge is 0.379 e. The molecular weight excluding hydrogens is 280 g/mol. The number of rotatable bonds is 6. The van der Waals surface area contributed by atoms with Gasteiger partial charge in [-0.15, -0.1) is 4.73 Å². The number of aromatic nitrogens is 1. The van der Waals surface area contributed by atoms with Crippen LogP contribution in [0.25, 0.3) is 0 Å². The monoisotopic (exact) mass is 300 g/mol. The SMILES string of the molecule is CCc1ccc([C@@H](C)NC(=O)COc2cccc[n+]2[O-])cc1. The molecule has 0 aliphatic heterocycles. The zero-order valence-electron chi connectivity index (χ0n) is 12.8. The highest BCUT2D eigenvalue weighted by Gasteiger charge is 2.12. The van der Waals surface area contributed by atoms with Crippen LogP contribution in [0.15, 0.2) is 48.7 Å². The van der Waals surface area contributed by atoms with E-state index in [0.29, 0.717) is 4.73 Å². The molecule has 0 saturated heterocycles. The maximum atomic E-state index is 11.9. The number of nitrogens with one attached hydrogen (secondary N) is 1. The van der Waals surface area contributed by atoms with E-state index in [4.69, 9.17) is 4.74 Å². The van der Waals surface area contributed by atoms with Crippen LogP contribution in [0.1, 0.15) is 31.0 Å². The van der Waals surface area contributed by atoms with Crippen molar-refractivity contribution in [3.05, 3.63) is 65.0 Å². The molecule has 1 atom stereocenters. The largest absolute Gasteiger partial charge is 0.616 e. The van der Waals surface area contributed by atoms with E-state index in [9.17, 15) is 10.0 Å². The van der Waals surface area contributed by atoms with Crippen LogP contribution < -0.4 is 14.8 Å². The van der Waals surface area contributed by atoms with Crippen LogP contribution in [0.2, 0.25) is 0 Å². The number of pyridine rings is 1. The number of hydrogen-bond acceptors (Lipinski definition) is 3. The predicted octanol–water partition coefficient (Wildman–Crippen LogP) is 2.14. The van der Waals surface area contributed by atoms with E-state index in [-0.39, 0.29) is 24.4 Å². The lowest BCUT2D eigenvalue weighted by atomic mass is 10.1. The molecule has 0 aliphatic rings. The van der Waals surface area contributed by atoms with Crippen LogP contribution in [0.3, 0.4) is 0 Å². The van der Waals surface area contributed by atoms with Crippen molar-refractivity contribution in [2.24, 2.45) is 0 Å². The van der Waals surface area contributed by atoms with Gasteiger partial charge in [-0.1, -0.05) is 31.2 Å². The number of carbonyl (C=O) groups is 1. The summed E-state index contributed by atoms with van der Waals surface area (Å²) in [5.41, 5.74) is 2.29. The van der Waals surface area contributed by atoms with Crippen LogP contribution in [0.5, 0.6) is 5.88 Å². The lowest BCUT2D eigenvalue weighted by Crippen LogP contribution is -2.34. The average molecular weight is 300 g/mol. The van der Waals surface area contributed by atoms with Crippen molar-refractivity contribution in [1.82, 2.24) is 5.32 Å². The highest BCUT2D eigenvalue weighted by atomic mass is 16.6. The fourth-order valence-corrected chi connectivity index (χ4v) is 2.07. The van der Waals surface area contributed by atoms with E-state index in [1.54, 1.807) is 12.1 Å². The van der Waals surface area contributed by atoms with Gasteiger partial charge < -0.3 is 15.3 Å². The zero-order chi connectivity index (χ0) is 15.9. The first-order valence-electron chi connectivity index (χ1n) is 7.29. The van der Waals surface area contributed by atoms with Gasteiger partial charge in [-0.3, -0.25) is 4.79 Å². The molecule has 1 aromatic carbocycles. The number of aryl methyl sites for hydroxylation is 1. The van der Waals surface area contributed by atoms with Crippen molar-refractivity contribution in [3.63, 3.8) is 0 Å². The Bertz CT molecular complexity index is 626. The molecule has 1 N–H and O–H groups in total. The summed E-state index contributed by atoms with van der Waals surface area (Å²) in [6.07, 6.45) is 2.31. The highest BCUT2D eigenvalue weighted by Crippen LogP contribution is 2.13. The summed E-state index contributed by atoms with van der Waals surface area (Å²) >= 11 is 0. The molecular formula is C17H20N2O3. The maximum Gasteiger partial charge on any atom is 0.379 e. The lowest BCUT2D eigenvalue weighted by Gasteiger charge is -2.15. The molecule has 22 heavy (non-hydrogen) atoms. The van der Waals surface area contributed by atoms with E-state index in [1.165, 1.54) is 17.8 Å². The minimum Gasteiger partial charge on any atom is -0.616 e. The van der Waals surface area contributed by atoms with Gasteiger partial charge in [0.05, 0.1) is 12.1 Å². The third-order valence-corrected chi connectivity index (χ3v) is 3.41. The van der Waals surface area contributed by atoms with E-state index in [2.05, 4.69) is 24.4 Å². The zero-order valence-corrected chi connectivity index (χ0v) is 12.8. The molecule has 0 bridgehead atoms. The van der Waals surface area contributed by atoms with Crippen molar-refractivity contribution in [1.29, 1.82) is 0 Å². The number of hydrogen-bond donors (Lipinski definition) is 1. The molecule has 5 heteroatoms. The van der Waals surface area contributed by atoms with Crippen LogP contribution in [-0.4, -0.2) is 12.5 Å². The number of ether oxygens (including phenoxy) is 1. The second-order valence-electron chi connectivity index (χ2n) is 5.04. The van der Waals surface area contributed by atoms with Crippen LogP contribution in [0.4, 0.5) is 0 Å². The Morgan fingerprint density at radius 2 is 2.00 bits per heavy atom. The quantitative estimate of drug-likeness (QED) is 0.656. The maximum absolute atomic E-state index is 11.9. The van der Waals surface area contributed by atoms with Gasteiger partial charge in [-0.25, -0.2) is 0 Å². The molecule has 1 amide bonds. The van der Waals surface area contributed by atoms with Crippen molar-refractivity contribution in [3.8, 4) is 5.88 Å². The molecule has 2 rings (SSSR count). The molecule has 0 saturated carbocycles. The minimum atomic E-state index is -0.268. The predicted molar refractivity (Wildman–Crippen MR) is 83.3 cm³/mol. The van der Waals surface area contributed by atoms with Gasteiger partial charge in [0.1, 0.15) is 0 Å². The number of amides is 1. The summed E-state index contributed by atoms with van der Waals surface area (Å²) < 4.78 is 5.79. The van der Waals surface area contributed by atoms with Gasteiger partial charge in [-0.05, 0) is 30.5 Å². The molecule has 1 aromatic heterocycles. The van der Waals surface area contributed by atoms with E-state index >= 15 is 0 Å². The van der Waals surface area contributed by atoms with Crippen molar-refractivity contribution in [2.75, 3.05) is 6.61 Å². The topological polar surface area (TPSA) is 65.3 Å². The van der Waals surface area contributed by atoms with E-state index in [1.807, 2.05) is 19.1 Å². The van der Waals surface area contributed by atoms with Crippen LogP contribution >= 0.6 is 0 Å². The highest BCUT2D eigenvalue weighted by molar-refractivity contribution is 5.77. The van der Waals surface area contributed by atoms with Gasteiger partial charge in [-0.2, -0.15) is 0 Å². The summed E-state index contributed by atoms with van der Waals surface area (Å²) in [5.74, 6) is -0.159. The van der Waals surface area contributed by atoms with E-state index < -0.39 is 0 Å². The molecule has 0 fully saturated rings. The molecule has 1 heterocycles. The molecule has 0 aliphatic carbocycles. The van der Waals surface area contributed by atoms with Crippen molar-refractivity contribution >= 4 is 5.91 Å². The molecule has 0 unspecified atom stereocenters. The lowest BCUT2D eigenvalue weighted by molar-refractivity contribution is -0.612. The van der Waals surface area contributed by atoms with Gasteiger partial charge in [0, 0.05) is 6.07 Å². The Hall–Kier alpha value is -2.56. The third-order valence-electron chi connectivity index (χ3n) is 3.41. The van der Waals surface area contributed by atoms with Crippen molar-refractivity contribution < 1.29 is 14.3 Å². The fraction of sp³-hybridized carbons (Fsp3) is 0.294. The Balaban J connectivity index is 1.87. The fourth-order valence-electron chi connectivity index (χ4n) is 2.07. The average Bonchev–Trinajstić information content (AvgIpc) is 2.54. The van der Waals surface area contributed by atoms with Crippen LogP contribution in [-0.2, 0) is 11.2 Å². The van der Waals surface area contributed by atoms with E-state index in [0.717, 1.165) is 12.0 Å². The van der Waals surface area contributed by atoms with Gasteiger partial charge in [0.2, 0.25) is 0 Å². The van der Waals surface area contributed by atoms with Crippen molar-refractivity contribution in [2.45, 2.75) is 26.3 Å². The molecule has 0 radical (unpaired) electrons. The summed E-state index contributed by atoms with van der Waals surface area (Å²) in [6.45, 7) is 3.82. The summed E-state index contributed by atoms with van der Waals surface area (Å²) in [7, 11) is 0. The van der Waals surface area contributed by atoms with Gasteiger partial charge in [0.25, 0.3) is 5.91 Å². The summed E-state index contributed by atoms with van der Waals surface area (Å²) in [4.78, 5) is 11.9. The van der Waals surface area contributed by atoms with Gasteiger partial charge >= 0.3 is 5.88 Å². The number of benzene rings is 1. The number of carbonyl (C=O) groups excluding carboxylic acids is 1. The molecule has 0 spiro atoms. The molecule has 2 aromatic rings. The number of nitrogens with zero attached hydrogens (tertiary/aromatic N) is 1. The third kappa shape index (κ3) is 4.22. The van der Waals surface area contributed by atoms with Gasteiger partial charge in [0.15, 0.2) is 12.8 Å². The molecule has 5 nitrogen and oxygen atoms in total. The summed E-state index contributed by atoms with van der Waals surface area (Å²) in [6, 6.07) is 12.8. The Kier molecular flexibility index (Phi) is 5.36. The molecule has 116 valence electrons. The Morgan fingerprint density at radius 3 is 2.64 bits per heavy atom. The second kappa shape index (κ2) is 7.45. The standard InChI is InChI=1S/C17H20N2O3/c1-3-14-7-9-15(10-8-14)13(2)18-16(20)12-22-17-6-4-5-11-19(17)21/h4-11,13H,3,12H2,1-2H3,(H,18,20)/t13-/m1/s1. The minimum absolute atomic E-state index is 0.109. The van der Waals surface area contributed by atoms with Crippen LogP contribution in [0, 0.1) is 5.21 Å². The Morgan fingerprint density at radius 1 is 1.27 bits per heavy atom. The normalized spacial score (nSPS) is 11.7. The first kappa shape index (κ1) is 15.8. The first-order chi connectivity index (χ1) is 10.6.